The van der Waals surface area contributed by atoms with Crippen molar-refractivity contribution in [2.24, 2.45) is 10.9 Å². The zero-order valence-electron chi connectivity index (χ0n) is 18.8. The Kier molecular flexibility index (Phi) is 10.3. The highest BCUT2D eigenvalue weighted by atomic mass is 127. The number of benzene rings is 1. The molecule has 1 aliphatic rings. The van der Waals surface area contributed by atoms with E-state index in [1.165, 1.54) is 32.1 Å². The number of aliphatic imine (C=N–C) groups is 1. The Morgan fingerprint density at radius 1 is 1.26 bits per heavy atom. The number of nitrogens with zero attached hydrogens (tertiary/aromatic N) is 4. The average Bonchev–Trinajstić information content (AvgIpc) is 3.31. The molecule has 0 bridgehead atoms. The zero-order valence-corrected chi connectivity index (χ0v) is 21.1. The summed E-state index contributed by atoms with van der Waals surface area (Å²) in [7, 11) is 3.51. The summed E-state index contributed by atoms with van der Waals surface area (Å²) in [6.07, 6.45) is 10.2. The van der Waals surface area contributed by atoms with Gasteiger partial charge in [-0.25, -0.2) is 9.67 Å². The van der Waals surface area contributed by atoms with E-state index < -0.39 is 0 Å². The number of amides is 1. The molecule has 0 radical (unpaired) electrons. The van der Waals surface area contributed by atoms with E-state index in [0.717, 1.165) is 17.8 Å². The predicted octanol–water partition coefficient (Wildman–Crippen LogP) is 3.76. The molecule has 1 unspecified atom stereocenters. The van der Waals surface area contributed by atoms with E-state index in [2.05, 4.69) is 39.8 Å². The molecule has 1 amide bonds. The Morgan fingerprint density at radius 2 is 2.03 bits per heavy atom. The van der Waals surface area contributed by atoms with Gasteiger partial charge in [-0.3, -0.25) is 4.79 Å². The van der Waals surface area contributed by atoms with Gasteiger partial charge in [0.15, 0.2) is 5.96 Å². The summed E-state index contributed by atoms with van der Waals surface area (Å²) >= 11 is 0. The highest BCUT2D eigenvalue weighted by molar-refractivity contribution is 14.0. The molecule has 7 nitrogen and oxygen atoms in total. The van der Waals surface area contributed by atoms with Crippen molar-refractivity contribution in [2.75, 3.05) is 27.2 Å². The van der Waals surface area contributed by atoms with E-state index >= 15 is 0 Å². The van der Waals surface area contributed by atoms with Gasteiger partial charge in [-0.2, -0.15) is 5.10 Å². The van der Waals surface area contributed by atoms with Gasteiger partial charge in [-0.05, 0) is 49.4 Å². The van der Waals surface area contributed by atoms with Crippen LogP contribution in [0, 0.1) is 5.92 Å². The van der Waals surface area contributed by atoms with Crippen LogP contribution in [0.1, 0.15) is 50.6 Å². The summed E-state index contributed by atoms with van der Waals surface area (Å²) in [5, 5.41) is 11.3. The maximum Gasteiger partial charge on any atom is 0.243 e. The van der Waals surface area contributed by atoms with Crippen LogP contribution < -0.4 is 10.6 Å². The molecule has 0 aliphatic heterocycles. The largest absolute Gasteiger partial charge is 0.356 e. The molecule has 1 aliphatic carbocycles. The molecule has 1 aromatic carbocycles. The average molecular weight is 538 g/mol. The molecule has 1 saturated carbocycles. The van der Waals surface area contributed by atoms with Gasteiger partial charge in [0.25, 0.3) is 0 Å². The van der Waals surface area contributed by atoms with E-state index in [0.29, 0.717) is 11.9 Å². The fraction of sp³-hybridized carbons (Fsp3) is 0.522. The first-order chi connectivity index (χ1) is 14.5. The summed E-state index contributed by atoms with van der Waals surface area (Å²) in [5.74, 6) is 1.35. The number of rotatable bonds is 7. The Morgan fingerprint density at radius 3 is 2.71 bits per heavy atom. The second-order valence-electron chi connectivity index (χ2n) is 8.25. The molecule has 1 heterocycles. The number of halogens is 1. The Balaban J connectivity index is 0.00000341. The normalized spacial score (nSPS) is 15.6. The molecule has 170 valence electrons. The maximum absolute atomic E-state index is 12.0. The van der Waals surface area contributed by atoms with Crippen molar-refractivity contribution in [2.45, 2.75) is 45.1 Å². The highest BCUT2D eigenvalue weighted by Gasteiger charge is 2.15. The molecule has 31 heavy (non-hydrogen) atoms. The quantitative estimate of drug-likeness (QED) is 0.320. The minimum absolute atomic E-state index is 0. The van der Waals surface area contributed by atoms with Crippen LogP contribution in [0.4, 0.5) is 0 Å². The summed E-state index contributed by atoms with van der Waals surface area (Å²) in [5.41, 5.74) is 2.15. The fourth-order valence-electron chi connectivity index (χ4n) is 3.72. The molecule has 0 saturated heterocycles. The first-order valence-electron chi connectivity index (χ1n) is 10.9. The first kappa shape index (κ1) is 25.2. The molecule has 3 rings (SSSR count). The van der Waals surface area contributed by atoms with E-state index in [9.17, 15) is 4.79 Å². The SMILES string of the molecule is CC(NC(=NCC(=O)N(C)C)NCC1CCCCC1)c1cccc(-n2cccn2)c1.I. The third kappa shape index (κ3) is 7.83. The van der Waals surface area contributed by atoms with Crippen LogP contribution >= 0.6 is 24.0 Å². The van der Waals surface area contributed by atoms with Crippen molar-refractivity contribution in [1.82, 2.24) is 25.3 Å². The molecular formula is C23H35IN6O. The Hall–Kier alpha value is -2.10. The fourth-order valence-corrected chi connectivity index (χ4v) is 3.72. The van der Waals surface area contributed by atoms with E-state index in [1.807, 2.05) is 29.1 Å². The Bertz CT molecular complexity index is 830. The topological polar surface area (TPSA) is 74.6 Å². The van der Waals surface area contributed by atoms with Crippen LogP contribution in [0.5, 0.6) is 0 Å². The third-order valence-electron chi connectivity index (χ3n) is 5.65. The van der Waals surface area contributed by atoms with Crippen LogP contribution in [-0.2, 0) is 4.79 Å². The smallest absolute Gasteiger partial charge is 0.243 e. The lowest BCUT2D eigenvalue weighted by Crippen LogP contribution is -2.42. The van der Waals surface area contributed by atoms with Crippen molar-refractivity contribution in [3.8, 4) is 5.69 Å². The van der Waals surface area contributed by atoms with Gasteiger partial charge >= 0.3 is 0 Å². The van der Waals surface area contributed by atoms with Crippen molar-refractivity contribution >= 4 is 35.8 Å². The van der Waals surface area contributed by atoms with Crippen LogP contribution in [-0.4, -0.2) is 53.7 Å². The highest BCUT2D eigenvalue weighted by Crippen LogP contribution is 2.23. The molecule has 0 spiro atoms. The standard InChI is InChI=1S/C23H34N6O.HI/c1-18(20-11-7-12-21(15-20)29-14-8-13-26-29)27-23(25-17-22(30)28(2)3)24-16-19-9-5-4-6-10-19;/h7-8,11-15,18-19H,4-6,9-10,16-17H2,1-3H3,(H2,24,25,27);1H. The molecule has 2 aromatic rings. The summed E-state index contributed by atoms with van der Waals surface area (Å²) in [4.78, 5) is 18.2. The summed E-state index contributed by atoms with van der Waals surface area (Å²) in [6.45, 7) is 3.13. The van der Waals surface area contributed by atoms with Crippen LogP contribution in [0.15, 0.2) is 47.7 Å². The summed E-state index contributed by atoms with van der Waals surface area (Å²) < 4.78 is 1.85. The third-order valence-corrected chi connectivity index (χ3v) is 5.65. The van der Waals surface area contributed by atoms with Crippen LogP contribution in [0.3, 0.4) is 0 Å². The lowest BCUT2D eigenvalue weighted by molar-refractivity contribution is -0.127. The minimum Gasteiger partial charge on any atom is -0.356 e. The molecular weight excluding hydrogens is 503 g/mol. The van der Waals surface area contributed by atoms with Gasteiger partial charge in [0.2, 0.25) is 5.91 Å². The number of carbonyl (C=O) groups is 1. The van der Waals surface area contributed by atoms with Crippen molar-refractivity contribution in [1.29, 1.82) is 0 Å². The second kappa shape index (κ2) is 12.7. The number of likely N-dealkylation sites (N-methyl/N-ethyl adjacent to an activating group) is 1. The molecule has 1 fully saturated rings. The summed E-state index contributed by atoms with van der Waals surface area (Å²) in [6, 6.07) is 10.2. The molecule has 1 atom stereocenters. The van der Waals surface area contributed by atoms with Gasteiger partial charge in [0.1, 0.15) is 6.54 Å². The van der Waals surface area contributed by atoms with Crippen molar-refractivity contribution in [3.63, 3.8) is 0 Å². The Labute approximate surface area is 202 Å². The van der Waals surface area contributed by atoms with E-state index in [-0.39, 0.29) is 42.5 Å². The second-order valence-corrected chi connectivity index (χ2v) is 8.25. The number of hydrogen-bond acceptors (Lipinski definition) is 3. The number of carbonyl (C=O) groups excluding carboxylic acids is 1. The predicted molar refractivity (Wildman–Crippen MR) is 136 cm³/mol. The van der Waals surface area contributed by atoms with Gasteiger partial charge < -0.3 is 15.5 Å². The monoisotopic (exact) mass is 538 g/mol. The van der Waals surface area contributed by atoms with Crippen LogP contribution in [0.25, 0.3) is 5.69 Å². The molecule has 1 aromatic heterocycles. The lowest BCUT2D eigenvalue weighted by Gasteiger charge is -2.24. The maximum atomic E-state index is 12.0. The first-order valence-corrected chi connectivity index (χ1v) is 10.9. The lowest BCUT2D eigenvalue weighted by atomic mass is 9.89. The number of aromatic nitrogens is 2. The van der Waals surface area contributed by atoms with Crippen molar-refractivity contribution < 1.29 is 4.79 Å². The molecule has 2 N–H and O–H groups in total. The number of guanidine groups is 1. The van der Waals surface area contributed by atoms with Crippen LogP contribution in [0.2, 0.25) is 0 Å². The van der Waals surface area contributed by atoms with Gasteiger partial charge in [0, 0.05) is 33.0 Å². The minimum atomic E-state index is -0.0119. The van der Waals surface area contributed by atoms with Gasteiger partial charge in [-0.15, -0.1) is 24.0 Å². The molecule has 8 heteroatoms. The van der Waals surface area contributed by atoms with Gasteiger partial charge in [0.05, 0.1) is 11.7 Å². The van der Waals surface area contributed by atoms with Crippen molar-refractivity contribution in [3.05, 3.63) is 48.3 Å². The number of nitrogens with one attached hydrogen (secondary N) is 2. The van der Waals surface area contributed by atoms with E-state index in [4.69, 9.17) is 0 Å². The zero-order chi connectivity index (χ0) is 21.3. The van der Waals surface area contributed by atoms with Gasteiger partial charge in [-0.1, -0.05) is 31.4 Å². The van der Waals surface area contributed by atoms with E-state index in [1.54, 1.807) is 25.2 Å². The number of hydrogen-bond donors (Lipinski definition) is 2.